The molecule has 7 N–H and O–H groups in total. The number of aliphatic hydroxyl groups excluding tert-OH is 2. The zero-order chi connectivity index (χ0) is 22.5. The first-order valence-electron chi connectivity index (χ1n) is 8.91. The van der Waals surface area contributed by atoms with E-state index in [-0.39, 0.29) is 11.6 Å². The van der Waals surface area contributed by atoms with Crippen LogP contribution in [0.5, 0.6) is 0 Å². The smallest absolute Gasteiger partial charge is 0.469 e. The van der Waals surface area contributed by atoms with Crippen LogP contribution in [0.3, 0.4) is 0 Å². The Morgan fingerprint density at radius 2 is 1.97 bits per heavy atom. The average Bonchev–Trinajstić information content (AvgIpc) is 3.30. The number of carboxylic acid groups (broad SMARTS) is 2. The predicted octanol–water partition coefficient (Wildman–Crippen LogP) is -1.78. The van der Waals surface area contributed by atoms with Gasteiger partial charge in [0.2, 0.25) is 0 Å². The number of rotatable bonds is 6. The number of phosphoric acid groups is 1. The summed E-state index contributed by atoms with van der Waals surface area (Å²) in [6, 6.07) is 2.49. The number of aliphatic hydroxyl groups is 2. The first-order chi connectivity index (χ1) is 14.0. The van der Waals surface area contributed by atoms with Crippen molar-refractivity contribution in [2.24, 2.45) is 0 Å². The molecule has 0 unspecified atom stereocenters. The van der Waals surface area contributed by atoms with Crippen LogP contribution in [0, 0.1) is 0 Å². The van der Waals surface area contributed by atoms with E-state index < -0.39 is 50.9 Å². The van der Waals surface area contributed by atoms with E-state index in [2.05, 4.69) is 9.84 Å². The zero-order valence-corrected chi connectivity index (χ0v) is 16.5. The van der Waals surface area contributed by atoms with Crippen LogP contribution < -0.4 is 9.88 Å². The molecule has 2 fully saturated rings. The SMILES string of the molecule is O=C(O)[C@@H]1CCCN1.O=C(O)c1ccc[n+]([C@@H]2O[C@H](COP(=O)(O)O)[C@@H](O)[C@H]2O)c1. The molecule has 2 aliphatic rings. The van der Waals surface area contributed by atoms with Crippen LogP contribution in [0.15, 0.2) is 24.5 Å². The molecule has 3 heterocycles. The molecule has 1 aromatic rings. The summed E-state index contributed by atoms with van der Waals surface area (Å²) >= 11 is 0. The normalized spacial score (nSPS) is 28.6. The Kier molecular flexibility index (Phi) is 8.41. The van der Waals surface area contributed by atoms with Crippen molar-refractivity contribution in [3.05, 3.63) is 30.1 Å². The van der Waals surface area contributed by atoms with E-state index in [0.29, 0.717) is 0 Å². The number of hydrogen-bond donors (Lipinski definition) is 7. The summed E-state index contributed by atoms with van der Waals surface area (Å²) in [4.78, 5) is 38.3. The van der Waals surface area contributed by atoms with E-state index in [0.717, 1.165) is 19.4 Å². The topological polar surface area (TPSA) is 207 Å². The first-order valence-corrected chi connectivity index (χ1v) is 10.4. The van der Waals surface area contributed by atoms with Crippen molar-refractivity contribution in [2.75, 3.05) is 13.2 Å². The molecule has 0 bridgehead atoms. The molecule has 1 aromatic heterocycles. The number of carboxylic acids is 2. The maximum Gasteiger partial charge on any atom is 0.469 e. The molecule has 0 spiro atoms. The number of hydrogen-bond acceptors (Lipinski definition) is 8. The van der Waals surface area contributed by atoms with Crippen LogP contribution in [0.2, 0.25) is 0 Å². The van der Waals surface area contributed by atoms with E-state index in [1.54, 1.807) is 0 Å². The van der Waals surface area contributed by atoms with Crippen molar-refractivity contribution in [3.63, 3.8) is 0 Å². The van der Waals surface area contributed by atoms with Gasteiger partial charge in [-0.3, -0.25) is 9.32 Å². The number of ether oxygens (including phenoxy) is 1. The van der Waals surface area contributed by atoms with Gasteiger partial charge in [0, 0.05) is 6.07 Å². The highest BCUT2D eigenvalue weighted by Crippen LogP contribution is 2.37. The highest BCUT2D eigenvalue weighted by Gasteiger charge is 2.49. The molecule has 5 atom stereocenters. The van der Waals surface area contributed by atoms with Gasteiger partial charge >= 0.3 is 19.8 Å². The second-order valence-electron chi connectivity index (χ2n) is 6.66. The fraction of sp³-hybridized carbons (Fsp3) is 0.562. The third kappa shape index (κ3) is 6.79. The highest BCUT2D eigenvalue weighted by molar-refractivity contribution is 7.46. The summed E-state index contributed by atoms with van der Waals surface area (Å²) in [6.45, 7) is 0.231. The lowest BCUT2D eigenvalue weighted by molar-refractivity contribution is -0.765. The van der Waals surface area contributed by atoms with Crippen LogP contribution >= 0.6 is 7.82 Å². The molecular formula is C16H24N2O11P+. The lowest BCUT2D eigenvalue weighted by Gasteiger charge is -2.13. The van der Waals surface area contributed by atoms with Crippen molar-refractivity contribution in [3.8, 4) is 0 Å². The Morgan fingerprint density at radius 1 is 1.27 bits per heavy atom. The molecule has 13 nitrogen and oxygen atoms in total. The van der Waals surface area contributed by atoms with E-state index >= 15 is 0 Å². The third-order valence-corrected chi connectivity index (χ3v) is 4.95. The van der Waals surface area contributed by atoms with Gasteiger partial charge in [-0.15, -0.1) is 0 Å². The molecule has 0 radical (unpaired) electrons. The Labute approximate surface area is 170 Å². The van der Waals surface area contributed by atoms with Crippen molar-refractivity contribution in [1.82, 2.24) is 5.32 Å². The Morgan fingerprint density at radius 3 is 2.47 bits per heavy atom. The van der Waals surface area contributed by atoms with Gasteiger partial charge in [-0.05, 0) is 25.5 Å². The van der Waals surface area contributed by atoms with Crippen LogP contribution in [0.1, 0.15) is 29.4 Å². The summed E-state index contributed by atoms with van der Waals surface area (Å²) in [7, 11) is -4.73. The summed E-state index contributed by atoms with van der Waals surface area (Å²) < 4.78 is 21.4. The Balaban J connectivity index is 0.000000335. The predicted molar refractivity (Wildman–Crippen MR) is 96.2 cm³/mol. The standard InChI is InChI=1S/C11H14NO9P.C5H9NO2/c13-8-7(5-20-22(17,18)19)21-10(9(8)14)12-3-1-2-6(4-12)11(15)16;7-5(8)4-2-1-3-6-4/h1-4,7-10,13-14H,5H2,(H2-,15,16,17,18,19);4,6H,1-3H2,(H,7,8)/p+1/t7-,8-,9-,10-;4-/m10/s1. The number of pyridine rings is 1. The molecule has 14 heteroatoms. The van der Waals surface area contributed by atoms with Crippen molar-refractivity contribution in [2.45, 2.75) is 43.4 Å². The maximum absolute atomic E-state index is 10.9. The van der Waals surface area contributed by atoms with Crippen LogP contribution in [0.4, 0.5) is 0 Å². The molecule has 2 aliphatic heterocycles. The summed E-state index contributed by atoms with van der Waals surface area (Å²) in [5, 5.41) is 39.9. The summed E-state index contributed by atoms with van der Waals surface area (Å²) in [5.41, 5.74) is -0.0530. The van der Waals surface area contributed by atoms with E-state index in [1.165, 1.54) is 29.1 Å². The van der Waals surface area contributed by atoms with Gasteiger partial charge in [-0.25, -0.2) is 9.36 Å². The summed E-state index contributed by atoms with van der Waals surface area (Å²) in [6.07, 6.45) is -0.731. The third-order valence-electron chi connectivity index (χ3n) is 4.47. The van der Waals surface area contributed by atoms with Crippen LogP contribution in [0.25, 0.3) is 0 Å². The van der Waals surface area contributed by atoms with E-state index in [4.69, 9.17) is 24.7 Å². The zero-order valence-electron chi connectivity index (χ0n) is 15.6. The molecule has 3 rings (SSSR count). The number of aromatic carboxylic acids is 1. The number of carbonyl (C=O) groups is 2. The Hall–Kier alpha value is -1.96. The van der Waals surface area contributed by atoms with Gasteiger partial charge in [0.05, 0.1) is 6.61 Å². The maximum atomic E-state index is 10.9. The van der Waals surface area contributed by atoms with Crippen molar-refractivity contribution >= 4 is 19.8 Å². The molecule has 0 aromatic carbocycles. The van der Waals surface area contributed by atoms with E-state index in [9.17, 15) is 24.4 Å². The van der Waals surface area contributed by atoms with Gasteiger partial charge in [0.1, 0.15) is 23.8 Å². The number of aromatic nitrogens is 1. The number of nitrogens with one attached hydrogen (secondary N) is 1. The lowest BCUT2D eigenvalue weighted by Crippen LogP contribution is -2.46. The van der Waals surface area contributed by atoms with Gasteiger partial charge in [-0.2, -0.15) is 4.57 Å². The molecule has 30 heavy (non-hydrogen) atoms. The molecular weight excluding hydrogens is 427 g/mol. The number of aliphatic carboxylic acids is 1. The summed E-state index contributed by atoms with van der Waals surface area (Å²) in [5.74, 6) is -1.90. The van der Waals surface area contributed by atoms with Gasteiger partial charge in [-0.1, -0.05) is 0 Å². The van der Waals surface area contributed by atoms with E-state index in [1.807, 2.05) is 0 Å². The molecule has 168 valence electrons. The molecule has 0 saturated carbocycles. The largest absolute Gasteiger partial charge is 0.480 e. The minimum absolute atomic E-state index is 0.0530. The van der Waals surface area contributed by atoms with Gasteiger partial charge in [0.15, 0.2) is 18.5 Å². The van der Waals surface area contributed by atoms with Crippen molar-refractivity contribution in [1.29, 1.82) is 0 Å². The minimum Gasteiger partial charge on any atom is -0.480 e. The quantitative estimate of drug-likeness (QED) is 0.189. The van der Waals surface area contributed by atoms with Gasteiger partial charge in [0.25, 0.3) is 6.23 Å². The monoisotopic (exact) mass is 451 g/mol. The average molecular weight is 451 g/mol. The molecule has 0 amide bonds. The molecule has 0 aliphatic carbocycles. The number of phosphoric ester groups is 1. The highest BCUT2D eigenvalue weighted by atomic mass is 31.2. The minimum atomic E-state index is -4.73. The fourth-order valence-corrected chi connectivity index (χ4v) is 3.30. The first kappa shape index (κ1) is 24.3. The fourth-order valence-electron chi connectivity index (χ4n) is 2.96. The van der Waals surface area contributed by atoms with Crippen molar-refractivity contribution < 1.29 is 58.2 Å². The van der Waals surface area contributed by atoms with Gasteiger partial charge < -0.3 is 40.3 Å². The van der Waals surface area contributed by atoms with Crippen LogP contribution in [-0.2, 0) is 18.6 Å². The van der Waals surface area contributed by atoms with Crippen LogP contribution in [-0.4, -0.2) is 79.7 Å². The second-order valence-corrected chi connectivity index (χ2v) is 7.90. The lowest BCUT2D eigenvalue weighted by atomic mass is 10.1. The number of nitrogens with zero attached hydrogens (tertiary/aromatic N) is 1. The second kappa shape index (κ2) is 10.4. The Bertz CT molecular complexity index is 795. The molecule has 2 saturated heterocycles.